The molecule has 0 radical (unpaired) electrons. The minimum Gasteiger partial charge on any atom is -0.317 e. The molecule has 0 aliphatic heterocycles. The van der Waals surface area contributed by atoms with Gasteiger partial charge in [-0.3, -0.25) is 19.7 Å². The number of fused-ring (bicyclic) bond motifs is 3. The molecular formula is C15H6BrF3N2O4. The van der Waals surface area contributed by atoms with E-state index in [1.54, 1.807) is 5.32 Å². The van der Waals surface area contributed by atoms with Gasteiger partial charge in [0.15, 0.2) is 5.78 Å². The number of carbonyl (C=O) groups excluding carboxylic acids is 2. The third kappa shape index (κ3) is 2.88. The summed E-state index contributed by atoms with van der Waals surface area (Å²) in [7, 11) is 0. The Hall–Kier alpha value is -2.75. The van der Waals surface area contributed by atoms with E-state index in [1.165, 1.54) is 18.2 Å². The summed E-state index contributed by atoms with van der Waals surface area (Å²) in [5, 5.41) is 12.5. The number of rotatable bonds is 2. The number of carbonyl (C=O) groups is 2. The summed E-state index contributed by atoms with van der Waals surface area (Å²) >= 11 is 3.05. The molecule has 0 fully saturated rings. The first-order valence-corrected chi connectivity index (χ1v) is 7.44. The van der Waals surface area contributed by atoms with Gasteiger partial charge in [-0.15, -0.1) is 0 Å². The van der Waals surface area contributed by atoms with Crippen LogP contribution in [0.5, 0.6) is 0 Å². The Kier molecular flexibility index (Phi) is 3.87. The van der Waals surface area contributed by atoms with Crippen molar-refractivity contribution in [2.75, 3.05) is 5.32 Å². The van der Waals surface area contributed by atoms with Crippen molar-refractivity contribution in [3.8, 4) is 11.1 Å². The molecule has 2 aromatic rings. The minimum absolute atomic E-state index is 0.0520. The molecule has 25 heavy (non-hydrogen) atoms. The van der Waals surface area contributed by atoms with E-state index in [1.807, 2.05) is 0 Å². The Labute approximate surface area is 145 Å². The summed E-state index contributed by atoms with van der Waals surface area (Å²) in [6, 6.07) is 6.24. The summed E-state index contributed by atoms with van der Waals surface area (Å²) in [6.45, 7) is 0. The van der Waals surface area contributed by atoms with E-state index in [0.29, 0.717) is 11.1 Å². The maximum Gasteiger partial charge on any atom is 0.471 e. The Morgan fingerprint density at radius 2 is 1.72 bits per heavy atom. The van der Waals surface area contributed by atoms with E-state index in [9.17, 15) is 32.9 Å². The molecule has 6 nitrogen and oxygen atoms in total. The first kappa shape index (κ1) is 17.1. The maximum absolute atomic E-state index is 12.4. The van der Waals surface area contributed by atoms with Gasteiger partial charge in [0.05, 0.1) is 10.6 Å². The van der Waals surface area contributed by atoms with E-state index in [4.69, 9.17) is 0 Å². The lowest BCUT2D eigenvalue weighted by molar-refractivity contribution is -0.384. The van der Waals surface area contributed by atoms with Crippen molar-refractivity contribution in [1.29, 1.82) is 0 Å². The highest BCUT2D eigenvalue weighted by atomic mass is 79.9. The van der Waals surface area contributed by atoms with Gasteiger partial charge in [-0.25, -0.2) is 0 Å². The van der Waals surface area contributed by atoms with E-state index < -0.39 is 22.8 Å². The number of nitrogens with one attached hydrogen (secondary N) is 1. The standard InChI is InChI=1S/C15H6BrF3N2O4/c16-11-4-8-7-2-1-6(21(24)25)3-9(7)13(22)10(8)5-12(11)20-14(23)15(17,18)19/h1-5H,(H,20,23). The van der Waals surface area contributed by atoms with Gasteiger partial charge in [-0.1, -0.05) is 0 Å². The second-order valence-corrected chi connectivity index (χ2v) is 6.00. The van der Waals surface area contributed by atoms with Gasteiger partial charge in [0, 0.05) is 27.7 Å². The van der Waals surface area contributed by atoms with Gasteiger partial charge >= 0.3 is 12.1 Å². The largest absolute Gasteiger partial charge is 0.471 e. The number of nitro benzene ring substituents is 1. The fourth-order valence-electron chi connectivity index (χ4n) is 2.49. The van der Waals surface area contributed by atoms with Crippen molar-refractivity contribution in [3.05, 3.63) is 56.0 Å². The van der Waals surface area contributed by atoms with Crippen LogP contribution in [0.1, 0.15) is 15.9 Å². The number of anilines is 1. The Bertz CT molecular complexity index is 957. The molecule has 128 valence electrons. The molecule has 0 heterocycles. The van der Waals surface area contributed by atoms with Crippen molar-refractivity contribution in [2.45, 2.75) is 6.18 Å². The molecule has 1 aliphatic rings. The molecule has 0 saturated heterocycles. The number of alkyl halides is 3. The predicted molar refractivity (Wildman–Crippen MR) is 84.3 cm³/mol. The number of halogens is 4. The van der Waals surface area contributed by atoms with Crippen LogP contribution in [0.4, 0.5) is 24.5 Å². The number of hydrogen-bond acceptors (Lipinski definition) is 4. The van der Waals surface area contributed by atoms with Crippen LogP contribution in [-0.2, 0) is 4.79 Å². The van der Waals surface area contributed by atoms with E-state index in [0.717, 1.165) is 12.1 Å². The molecule has 0 aromatic heterocycles. The first-order chi connectivity index (χ1) is 11.6. The van der Waals surface area contributed by atoms with Crippen LogP contribution in [-0.4, -0.2) is 22.8 Å². The molecule has 0 bridgehead atoms. The number of hydrogen-bond donors (Lipinski definition) is 1. The van der Waals surface area contributed by atoms with E-state index in [2.05, 4.69) is 15.9 Å². The predicted octanol–water partition coefficient (Wildman–Crippen LogP) is 4.07. The lowest BCUT2D eigenvalue weighted by Gasteiger charge is -2.11. The zero-order valence-corrected chi connectivity index (χ0v) is 13.6. The molecule has 1 N–H and O–H groups in total. The second-order valence-electron chi connectivity index (χ2n) is 5.15. The molecule has 3 rings (SSSR count). The molecule has 2 aromatic carbocycles. The van der Waals surface area contributed by atoms with Crippen molar-refractivity contribution in [2.24, 2.45) is 0 Å². The SMILES string of the molecule is O=C1c2cc([N+](=O)[O-])ccc2-c2cc(Br)c(NC(=O)C(F)(F)F)cc21. The van der Waals surface area contributed by atoms with Gasteiger partial charge in [-0.2, -0.15) is 13.2 Å². The smallest absolute Gasteiger partial charge is 0.317 e. The fraction of sp³-hybridized carbons (Fsp3) is 0.0667. The van der Waals surface area contributed by atoms with Crippen LogP contribution in [0.3, 0.4) is 0 Å². The molecule has 10 heteroatoms. The summed E-state index contributed by atoms with van der Waals surface area (Å²) in [4.78, 5) is 33.7. The third-order valence-corrected chi connectivity index (χ3v) is 4.26. The monoisotopic (exact) mass is 414 g/mol. The Morgan fingerprint density at radius 3 is 2.32 bits per heavy atom. The molecule has 0 unspecified atom stereocenters. The van der Waals surface area contributed by atoms with Gasteiger partial charge in [0.2, 0.25) is 0 Å². The Morgan fingerprint density at radius 1 is 1.08 bits per heavy atom. The van der Waals surface area contributed by atoms with Crippen LogP contribution < -0.4 is 5.32 Å². The average Bonchev–Trinajstić information content (AvgIpc) is 2.79. The zero-order chi connectivity index (χ0) is 18.5. The van der Waals surface area contributed by atoms with Gasteiger partial charge in [-0.05, 0) is 45.3 Å². The van der Waals surface area contributed by atoms with Gasteiger partial charge < -0.3 is 5.32 Å². The number of non-ortho nitro benzene ring substituents is 1. The molecule has 0 saturated carbocycles. The van der Waals surface area contributed by atoms with Crippen LogP contribution in [0.15, 0.2) is 34.8 Å². The van der Waals surface area contributed by atoms with E-state index >= 15 is 0 Å². The van der Waals surface area contributed by atoms with Crippen molar-refractivity contribution in [1.82, 2.24) is 0 Å². The summed E-state index contributed by atoms with van der Waals surface area (Å²) < 4.78 is 37.3. The number of ketones is 1. The van der Waals surface area contributed by atoms with Crippen LogP contribution in [0.2, 0.25) is 0 Å². The average molecular weight is 415 g/mol. The highest BCUT2D eigenvalue weighted by molar-refractivity contribution is 9.10. The zero-order valence-electron chi connectivity index (χ0n) is 12.0. The molecule has 1 amide bonds. The van der Waals surface area contributed by atoms with Crippen LogP contribution in [0, 0.1) is 10.1 Å². The highest BCUT2D eigenvalue weighted by Gasteiger charge is 2.39. The van der Waals surface area contributed by atoms with Crippen molar-refractivity contribution >= 4 is 39.0 Å². The quantitative estimate of drug-likeness (QED) is 0.505. The summed E-state index contributed by atoms with van der Waals surface area (Å²) in [5.74, 6) is -2.74. The lowest BCUT2D eigenvalue weighted by Crippen LogP contribution is -2.30. The van der Waals surface area contributed by atoms with Crippen molar-refractivity contribution < 1.29 is 27.7 Å². The first-order valence-electron chi connectivity index (χ1n) is 6.65. The van der Waals surface area contributed by atoms with Crippen molar-refractivity contribution in [3.63, 3.8) is 0 Å². The molecule has 0 spiro atoms. The molecule has 1 aliphatic carbocycles. The summed E-state index contributed by atoms with van der Waals surface area (Å²) in [5.41, 5.74) is 0.472. The second kappa shape index (κ2) is 5.66. The molecular weight excluding hydrogens is 409 g/mol. The maximum atomic E-state index is 12.4. The van der Waals surface area contributed by atoms with Gasteiger partial charge in [0.1, 0.15) is 0 Å². The number of nitro groups is 1. The highest BCUT2D eigenvalue weighted by Crippen LogP contribution is 2.42. The topological polar surface area (TPSA) is 89.3 Å². The third-order valence-electron chi connectivity index (χ3n) is 3.61. The van der Waals surface area contributed by atoms with E-state index in [-0.39, 0.29) is 27.0 Å². The molecule has 0 atom stereocenters. The van der Waals surface area contributed by atoms with Gasteiger partial charge in [0.25, 0.3) is 5.69 Å². The Balaban J connectivity index is 2.06. The normalized spacial score (nSPS) is 12.6. The van der Waals surface area contributed by atoms with Crippen LogP contribution >= 0.6 is 15.9 Å². The number of amides is 1. The fourth-order valence-corrected chi connectivity index (χ4v) is 2.93. The van der Waals surface area contributed by atoms with Crippen LogP contribution in [0.25, 0.3) is 11.1 Å². The summed E-state index contributed by atoms with van der Waals surface area (Å²) in [6.07, 6.45) is -5.08. The minimum atomic E-state index is -5.08. The lowest BCUT2D eigenvalue weighted by atomic mass is 10.1. The number of benzene rings is 2. The number of nitrogens with zero attached hydrogens (tertiary/aromatic N) is 1.